The van der Waals surface area contributed by atoms with E-state index < -0.39 is 0 Å². The van der Waals surface area contributed by atoms with Gasteiger partial charge in [-0.3, -0.25) is 4.79 Å². The first-order chi connectivity index (χ1) is 7.76. The van der Waals surface area contributed by atoms with Crippen LogP contribution < -0.4 is 10.6 Å². The third kappa shape index (κ3) is 4.16. The van der Waals surface area contributed by atoms with Crippen LogP contribution in [0.25, 0.3) is 0 Å². The van der Waals surface area contributed by atoms with Gasteiger partial charge in [0.1, 0.15) is 11.6 Å². The maximum atomic E-state index is 10.9. The van der Waals surface area contributed by atoms with Crippen molar-refractivity contribution in [3.8, 4) is 0 Å². The summed E-state index contributed by atoms with van der Waals surface area (Å²) in [5.74, 6) is 1.35. The van der Waals surface area contributed by atoms with Gasteiger partial charge in [0.2, 0.25) is 0 Å². The van der Waals surface area contributed by atoms with Crippen molar-refractivity contribution in [3.63, 3.8) is 0 Å². The molecule has 1 aromatic rings. The highest BCUT2D eigenvalue weighted by Gasteiger charge is 2.00. The fraction of sp³-hybridized carbons (Fsp3) is 0.455. The Bertz CT molecular complexity index is 342. The summed E-state index contributed by atoms with van der Waals surface area (Å²) < 4.78 is 4.54. The first-order valence-corrected chi connectivity index (χ1v) is 5.28. The average Bonchev–Trinajstić information content (AvgIpc) is 2.30. The molecule has 0 saturated carbocycles. The summed E-state index contributed by atoms with van der Waals surface area (Å²) in [5, 5.41) is 6.17. The molecule has 0 unspecified atom stereocenters. The molecule has 0 bridgehead atoms. The van der Waals surface area contributed by atoms with Crippen LogP contribution >= 0.6 is 0 Å². The van der Waals surface area contributed by atoms with Crippen molar-refractivity contribution in [1.82, 2.24) is 4.98 Å². The fourth-order valence-electron chi connectivity index (χ4n) is 1.21. The first kappa shape index (κ1) is 12.3. The zero-order valence-corrected chi connectivity index (χ0v) is 9.62. The summed E-state index contributed by atoms with van der Waals surface area (Å²) >= 11 is 0. The molecule has 0 radical (unpaired) electrons. The Morgan fingerprint density at radius 3 is 2.69 bits per heavy atom. The topological polar surface area (TPSA) is 63.2 Å². The van der Waals surface area contributed by atoms with Crippen LogP contribution in [0.2, 0.25) is 0 Å². The van der Waals surface area contributed by atoms with Crippen molar-refractivity contribution < 1.29 is 9.53 Å². The summed E-state index contributed by atoms with van der Waals surface area (Å²) in [4.78, 5) is 15.2. The molecule has 1 rings (SSSR count). The number of pyridine rings is 1. The summed E-state index contributed by atoms with van der Waals surface area (Å²) in [6.45, 7) is 3.37. The van der Waals surface area contributed by atoms with Crippen LogP contribution in [-0.4, -0.2) is 31.2 Å². The van der Waals surface area contributed by atoms with Gasteiger partial charge in [0, 0.05) is 13.1 Å². The average molecular weight is 223 g/mol. The molecule has 5 heteroatoms. The summed E-state index contributed by atoms with van der Waals surface area (Å²) in [6.07, 6.45) is 0.337. The van der Waals surface area contributed by atoms with Gasteiger partial charge in [-0.05, 0) is 19.1 Å². The molecule has 1 heterocycles. The second kappa shape index (κ2) is 6.66. The van der Waals surface area contributed by atoms with Crippen LogP contribution in [0, 0.1) is 0 Å². The van der Waals surface area contributed by atoms with Gasteiger partial charge >= 0.3 is 5.97 Å². The minimum absolute atomic E-state index is 0.227. The molecule has 0 aliphatic rings. The van der Waals surface area contributed by atoms with Crippen LogP contribution in [0.1, 0.15) is 13.3 Å². The van der Waals surface area contributed by atoms with Crippen molar-refractivity contribution >= 4 is 17.6 Å². The Morgan fingerprint density at radius 2 is 2.06 bits per heavy atom. The van der Waals surface area contributed by atoms with Gasteiger partial charge in [-0.15, -0.1) is 0 Å². The number of anilines is 2. The quantitative estimate of drug-likeness (QED) is 0.715. The zero-order valence-electron chi connectivity index (χ0n) is 9.62. The van der Waals surface area contributed by atoms with E-state index in [1.54, 1.807) is 0 Å². The maximum Gasteiger partial charge on any atom is 0.307 e. The van der Waals surface area contributed by atoms with Crippen molar-refractivity contribution in [2.75, 3.05) is 30.8 Å². The second-order valence-electron chi connectivity index (χ2n) is 3.19. The molecule has 0 aliphatic heterocycles. The van der Waals surface area contributed by atoms with Gasteiger partial charge in [-0.1, -0.05) is 6.07 Å². The number of ether oxygens (including phenoxy) is 1. The standard InChI is InChI=1S/C11H17N3O2/c1-3-12-9-5-4-6-10(14-9)13-8-7-11(15)16-2/h4-6H,3,7-8H2,1-2H3,(H2,12,13,14). The SMILES string of the molecule is CCNc1cccc(NCCC(=O)OC)n1. The molecule has 0 fully saturated rings. The molecule has 0 aliphatic carbocycles. The number of esters is 1. The molecular formula is C11H17N3O2. The molecule has 0 atom stereocenters. The molecular weight excluding hydrogens is 206 g/mol. The number of carbonyl (C=O) groups excluding carboxylic acids is 1. The molecule has 2 N–H and O–H groups in total. The lowest BCUT2D eigenvalue weighted by Gasteiger charge is -2.07. The molecule has 0 amide bonds. The van der Waals surface area contributed by atoms with Crippen LogP contribution in [0.3, 0.4) is 0 Å². The van der Waals surface area contributed by atoms with E-state index in [1.807, 2.05) is 25.1 Å². The van der Waals surface area contributed by atoms with E-state index in [2.05, 4.69) is 20.4 Å². The van der Waals surface area contributed by atoms with E-state index >= 15 is 0 Å². The van der Waals surface area contributed by atoms with E-state index in [-0.39, 0.29) is 5.97 Å². The predicted molar refractivity (Wildman–Crippen MR) is 63.5 cm³/mol. The number of rotatable bonds is 6. The fourth-order valence-corrected chi connectivity index (χ4v) is 1.21. The summed E-state index contributed by atoms with van der Waals surface area (Å²) in [7, 11) is 1.38. The third-order valence-electron chi connectivity index (χ3n) is 1.97. The minimum Gasteiger partial charge on any atom is -0.469 e. The second-order valence-corrected chi connectivity index (χ2v) is 3.19. The number of hydrogen-bond acceptors (Lipinski definition) is 5. The smallest absolute Gasteiger partial charge is 0.307 e. The predicted octanol–water partition coefficient (Wildman–Crippen LogP) is 1.49. The van der Waals surface area contributed by atoms with Gasteiger partial charge in [0.15, 0.2) is 0 Å². The van der Waals surface area contributed by atoms with Crippen LogP contribution in [-0.2, 0) is 9.53 Å². The largest absolute Gasteiger partial charge is 0.469 e. The lowest BCUT2D eigenvalue weighted by molar-refractivity contribution is -0.140. The molecule has 1 aromatic heterocycles. The van der Waals surface area contributed by atoms with E-state index in [1.165, 1.54) is 7.11 Å². The number of nitrogens with one attached hydrogen (secondary N) is 2. The number of carbonyl (C=O) groups is 1. The Labute approximate surface area is 95.2 Å². The Hall–Kier alpha value is -1.78. The lowest BCUT2D eigenvalue weighted by Crippen LogP contribution is -2.11. The molecule has 0 spiro atoms. The molecule has 0 saturated heterocycles. The molecule has 16 heavy (non-hydrogen) atoms. The first-order valence-electron chi connectivity index (χ1n) is 5.28. The van der Waals surface area contributed by atoms with E-state index in [0.29, 0.717) is 13.0 Å². The van der Waals surface area contributed by atoms with Gasteiger partial charge in [-0.25, -0.2) is 4.98 Å². The van der Waals surface area contributed by atoms with E-state index in [9.17, 15) is 4.79 Å². The molecule has 5 nitrogen and oxygen atoms in total. The monoisotopic (exact) mass is 223 g/mol. The number of nitrogens with zero attached hydrogens (tertiary/aromatic N) is 1. The van der Waals surface area contributed by atoms with Gasteiger partial charge in [-0.2, -0.15) is 0 Å². The van der Waals surface area contributed by atoms with Crippen molar-refractivity contribution in [2.45, 2.75) is 13.3 Å². The number of methoxy groups -OCH3 is 1. The highest BCUT2D eigenvalue weighted by Crippen LogP contribution is 2.08. The van der Waals surface area contributed by atoms with Crippen LogP contribution in [0.15, 0.2) is 18.2 Å². The van der Waals surface area contributed by atoms with Crippen molar-refractivity contribution in [1.29, 1.82) is 0 Å². The normalized spacial score (nSPS) is 9.62. The highest BCUT2D eigenvalue weighted by molar-refractivity contribution is 5.69. The summed E-state index contributed by atoms with van der Waals surface area (Å²) in [6, 6.07) is 5.67. The zero-order chi connectivity index (χ0) is 11.8. The van der Waals surface area contributed by atoms with Gasteiger partial charge in [0.25, 0.3) is 0 Å². The highest BCUT2D eigenvalue weighted by atomic mass is 16.5. The van der Waals surface area contributed by atoms with Crippen LogP contribution in [0.4, 0.5) is 11.6 Å². The third-order valence-corrected chi connectivity index (χ3v) is 1.97. The van der Waals surface area contributed by atoms with E-state index in [4.69, 9.17) is 0 Å². The summed E-state index contributed by atoms with van der Waals surface area (Å²) in [5.41, 5.74) is 0. The lowest BCUT2D eigenvalue weighted by atomic mass is 10.4. The molecule has 88 valence electrons. The number of hydrogen-bond donors (Lipinski definition) is 2. The Kier molecular flexibility index (Phi) is 5.11. The van der Waals surface area contributed by atoms with Crippen LogP contribution in [0.5, 0.6) is 0 Å². The number of aromatic nitrogens is 1. The van der Waals surface area contributed by atoms with Gasteiger partial charge in [0.05, 0.1) is 13.5 Å². The Balaban J connectivity index is 2.41. The van der Waals surface area contributed by atoms with E-state index in [0.717, 1.165) is 18.2 Å². The van der Waals surface area contributed by atoms with Crippen molar-refractivity contribution in [3.05, 3.63) is 18.2 Å². The van der Waals surface area contributed by atoms with Gasteiger partial charge < -0.3 is 15.4 Å². The minimum atomic E-state index is -0.227. The Morgan fingerprint density at radius 1 is 1.38 bits per heavy atom. The molecule has 0 aromatic carbocycles. The maximum absolute atomic E-state index is 10.9. The van der Waals surface area contributed by atoms with Crippen molar-refractivity contribution in [2.24, 2.45) is 0 Å².